The van der Waals surface area contributed by atoms with Crippen molar-refractivity contribution in [1.29, 1.82) is 0 Å². The first-order valence-corrected chi connectivity index (χ1v) is 6.19. The summed E-state index contributed by atoms with van der Waals surface area (Å²) in [5.74, 6) is 1.20. The number of anilines is 3. The summed E-state index contributed by atoms with van der Waals surface area (Å²) in [5.41, 5.74) is 13.3. The number of aryl methyl sites for hydroxylation is 3. The third-order valence-corrected chi connectivity index (χ3v) is 2.72. The van der Waals surface area contributed by atoms with E-state index in [1.807, 2.05) is 11.6 Å². The van der Waals surface area contributed by atoms with E-state index in [0.29, 0.717) is 11.6 Å². The van der Waals surface area contributed by atoms with Gasteiger partial charge in [-0.05, 0) is 26.3 Å². The van der Waals surface area contributed by atoms with Gasteiger partial charge in [-0.1, -0.05) is 0 Å². The summed E-state index contributed by atoms with van der Waals surface area (Å²) in [4.78, 5) is 7.87. The maximum absolute atomic E-state index is 5.59. The maximum Gasteiger partial charge on any atom is 0.223 e. The van der Waals surface area contributed by atoms with Gasteiger partial charge in [0.1, 0.15) is 11.6 Å². The highest BCUT2D eigenvalue weighted by molar-refractivity contribution is 5.48. The van der Waals surface area contributed by atoms with Crippen LogP contribution < -0.4 is 16.8 Å². The van der Waals surface area contributed by atoms with Crippen LogP contribution in [0.25, 0.3) is 0 Å². The molecular weight excluding hydrogens is 242 g/mol. The van der Waals surface area contributed by atoms with Crippen molar-refractivity contribution in [2.75, 3.05) is 23.3 Å². The minimum Gasteiger partial charge on any atom is -0.383 e. The van der Waals surface area contributed by atoms with E-state index in [1.54, 1.807) is 6.07 Å². The lowest BCUT2D eigenvalue weighted by Gasteiger charge is -2.07. The van der Waals surface area contributed by atoms with Crippen LogP contribution in [0.4, 0.5) is 17.6 Å². The second kappa shape index (κ2) is 5.55. The van der Waals surface area contributed by atoms with Crippen LogP contribution in [0, 0.1) is 13.8 Å². The average molecular weight is 261 g/mol. The van der Waals surface area contributed by atoms with E-state index in [1.165, 1.54) is 5.69 Å². The predicted molar refractivity (Wildman–Crippen MR) is 75.7 cm³/mol. The van der Waals surface area contributed by atoms with Crippen LogP contribution in [0.5, 0.6) is 0 Å². The van der Waals surface area contributed by atoms with Crippen molar-refractivity contribution in [1.82, 2.24) is 19.7 Å². The number of nitrogens with zero attached hydrogens (tertiary/aromatic N) is 4. The molecule has 0 aromatic carbocycles. The second-order valence-electron chi connectivity index (χ2n) is 4.47. The minimum absolute atomic E-state index is 0.182. The zero-order chi connectivity index (χ0) is 13.8. The highest BCUT2D eigenvalue weighted by Crippen LogP contribution is 2.09. The first-order chi connectivity index (χ1) is 9.04. The molecule has 0 bridgehead atoms. The molecular formula is C12H19N7. The Labute approximate surface area is 112 Å². The Bertz CT molecular complexity index is 541. The Morgan fingerprint density at radius 1 is 1.21 bits per heavy atom. The van der Waals surface area contributed by atoms with Gasteiger partial charge in [0.2, 0.25) is 5.95 Å². The van der Waals surface area contributed by atoms with E-state index in [0.717, 1.165) is 25.2 Å². The molecule has 0 saturated carbocycles. The van der Waals surface area contributed by atoms with Gasteiger partial charge in [0.05, 0.1) is 5.69 Å². The highest BCUT2D eigenvalue weighted by atomic mass is 15.3. The molecule has 0 aliphatic rings. The predicted octanol–water partition coefficient (Wildman–Crippen LogP) is 0.957. The normalized spacial score (nSPS) is 10.6. The Morgan fingerprint density at radius 2 is 2.00 bits per heavy atom. The van der Waals surface area contributed by atoms with Crippen molar-refractivity contribution in [2.45, 2.75) is 26.8 Å². The lowest BCUT2D eigenvalue weighted by molar-refractivity contribution is 0.573. The first kappa shape index (κ1) is 13.1. The number of rotatable bonds is 5. The van der Waals surface area contributed by atoms with Crippen LogP contribution in [-0.4, -0.2) is 26.3 Å². The fourth-order valence-electron chi connectivity index (χ4n) is 1.92. The molecule has 0 radical (unpaired) electrons. The van der Waals surface area contributed by atoms with E-state index in [2.05, 4.69) is 33.4 Å². The molecule has 2 aromatic rings. The molecule has 5 N–H and O–H groups in total. The molecule has 7 heteroatoms. The van der Waals surface area contributed by atoms with Gasteiger partial charge in [0.15, 0.2) is 0 Å². The third kappa shape index (κ3) is 3.57. The molecule has 0 amide bonds. The van der Waals surface area contributed by atoms with Gasteiger partial charge in [-0.3, -0.25) is 4.68 Å². The second-order valence-corrected chi connectivity index (χ2v) is 4.47. The van der Waals surface area contributed by atoms with Crippen LogP contribution >= 0.6 is 0 Å². The zero-order valence-corrected chi connectivity index (χ0v) is 11.2. The summed E-state index contributed by atoms with van der Waals surface area (Å²) >= 11 is 0. The van der Waals surface area contributed by atoms with Crippen molar-refractivity contribution >= 4 is 17.6 Å². The minimum atomic E-state index is 0.182. The Morgan fingerprint density at radius 3 is 2.63 bits per heavy atom. The quantitative estimate of drug-likeness (QED) is 0.692. The summed E-state index contributed by atoms with van der Waals surface area (Å²) in [6.07, 6.45) is 0.936. The lowest BCUT2D eigenvalue weighted by atomic mass is 10.4. The molecule has 19 heavy (non-hydrogen) atoms. The van der Waals surface area contributed by atoms with E-state index in [4.69, 9.17) is 11.5 Å². The zero-order valence-electron chi connectivity index (χ0n) is 11.2. The Balaban J connectivity index is 1.82. The van der Waals surface area contributed by atoms with Gasteiger partial charge in [-0.2, -0.15) is 15.1 Å². The van der Waals surface area contributed by atoms with E-state index in [9.17, 15) is 0 Å². The molecule has 2 heterocycles. The summed E-state index contributed by atoms with van der Waals surface area (Å²) < 4.78 is 2.00. The SMILES string of the molecule is Cc1cc(C)n(CCCNc2cc(N)nc(N)n2)n1. The molecule has 0 saturated heterocycles. The van der Waals surface area contributed by atoms with Crippen LogP contribution in [0.15, 0.2) is 12.1 Å². The number of hydrogen-bond acceptors (Lipinski definition) is 6. The summed E-state index contributed by atoms with van der Waals surface area (Å²) in [6.45, 7) is 5.68. The molecule has 2 rings (SSSR count). The summed E-state index contributed by atoms with van der Waals surface area (Å²) in [5, 5.41) is 7.58. The van der Waals surface area contributed by atoms with E-state index in [-0.39, 0.29) is 5.95 Å². The fourth-order valence-corrected chi connectivity index (χ4v) is 1.92. The summed E-state index contributed by atoms with van der Waals surface area (Å²) in [7, 11) is 0. The number of aromatic nitrogens is 4. The van der Waals surface area contributed by atoms with Crippen LogP contribution in [0.1, 0.15) is 17.8 Å². The number of nitrogens with two attached hydrogens (primary N) is 2. The maximum atomic E-state index is 5.59. The molecule has 0 fully saturated rings. The van der Waals surface area contributed by atoms with Gasteiger partial charge < -0.3 is 16.8 Å². The summed E-state index contributed by atoms with van der Waals surface area (Å²) in [6, 6.07) is 3.74. The number of nitrogen functional groups attached to an aromatic ring is 2. The fraction of sp³-hybridized carbons (Fsp3) is 0.417. The van der Waals surface area contributed by atoms with Gasteiger partial charge in [0, 0.05) is 24.8 Å². The van der Waals surface area contributed by atoms with Gasteiger partial charge in [0.25, 0.3) is 0 Å². The van der Waals surface area contributed by atoms with Crippen molar-refractivity contribution in [2.24, 2.45) is 0 Å². The third-order valence-electron chi connectivity index (χ3n) is 2.72. The number of hydrogen-bond donors (Lipinski definition) is 3. The van der Waals surface area contributed by atoms with Crippen LogP contribution in [0.3, 0.4) is 0 Å². The molecule has 0 unspecified atom stereocenters. The van der Waals surface area contributed by atoms with Crippen molar-refractivity contribution < 1.29 is 0 Å². The highest BCUT2D eigenvalue weighted by Gasteiger charge is 2.01. The topological polar surface area (TPSA) is 108 Å². The van der Waals surface area contributed by atoms with E-state index >= 15 is 0 Å². The molecule has 0 spiro atoms. The molecule has 0 aliphatic heterocycles. The molecule has 102 valence electrons. The molecule has 2 aromatic heterocycles. The molecule has 7 nitrogen and oxygen atoms in total. The van der Waals surface area contributed by atoms with Gasteiger partial charge in [-0.15, -0.1) is 0 Å². The van der Waals surface area contributed by atoms with Crippen molar-refractivity contribution in [3.63, 3.8) is 0 Å². The standard InChI is InChI=1S/C12H19N7/c1-8-6-9(2)19(18-8)5-3-4-15-11-7-10(13)16-12(14)17-11/h6-7H,3-5H2,1-2H3,(H5,13,14,15,16,17). The van der Waals surface area contributed by atoms with E-state index < -0.39 is 0 Å². The van der Waals surface area contributed by atoms with Gasteiger partial charge >= 0.3 is 0 Å². The average Bonchev–Trinajstić information content (AvgIpc) is 2.62. The lowest BCUT2D eigenvalue weighted by Crippen LogP contribution is -2.11. The molecule has 0 atom stereocenters. The van der Waals surface area contributed by atoms with Crippen molar-refractivity contribution in [3.8, 4) is 0 Å². The van der Waals surface area contributed by atoms with Crippen LogP contribution in [-0.2, 0) is 6.54 Å². The number of nitrogens with one attached hydrogen (secondary N) is 1. The smallest absolute Gasteiger partial charge is 0.223 e. The van der Waals surface area contributed by atoms with Crippen LogP contribution in [0.2, 0.25) is 0 Å². The largest absolute Gasteiger partial charge is 0.383 e. The Hall–Kier alpha value is -2.31. The first-order valence-electron chi connectivity index (χ1n) is 6.19. The Kier molecular flexibility index (Phi) is 3.84. The van der Waals surface area contributed by atoms with Gasteiger partial charge in [-0.25, -0.2) is 0 Å². The van der Waals surface area contributed by atoms with Crippen molar-refractivity contribution in [3.05, 3.63) is 23.5 Å². The monoisotopic (exact) mass is 261 g/mol. The molecule has 0 aliphatic carbocycles.